The van der Waals surface area contributed by atoms with Gasteiger partial charge in [-0.2, -0.15) is 0 Å². The number of halogens is 2. The monoisotopic (exact) mass is 299 g/mol. The highest BCUT2D eigenvalue weighted by Crippen LogP contribution is 2.64. The van der Waals surface area contributed by atoms with E-state index in [0.717, 1.165) is 38.5 Å². The van der Waals surface area contributed by atoms with E-state index in [-0.39, 0.29) is 17.2 Å². The molecular formula is C19H19F2N. The molecule has 1 heterocycles. The second kappa shape index (κ2) is 5.17. The second-order valence-corrected chi connectivity index (χ2v) is 6.73. The molecule has 1 spiro atoms. The molecule has 2 aliphatic rings. The first kappa shape index (κ1) is 13.9. The molecule has 1 aliphatic heterocycles. The van der Waals surface area contributed by atoms with Crippen LogP contribution in [0.4, 0.5) is 8.78 Å². The summed E-state index contributed by atoms with van der Waals surface area (Å²) in [6.07, 6.45) is 2.14. The minimum atomic E-state index is -0.493. The molecule has 0 radical (unpaired) electrons. The highest BCUT2D eigenvalue weighted by atomic mass is 19.1. The molecule has 2 aromatic rings. The summed E-state index contributed by atoms with van der Waals surface area (Å²) in [5.41, 5.74) is 2.24. The maximum absolute atomic E-state index is 14.0. The first-order valence-corrected chi connectivity index (χ1v) is 7.88. The lowest BCUT2D eigenvalue weighted by Gasteiger charge is -2.16. The maximum Gasteiger partial charge on any atom is 0.129 e. The Kier molecular flexibility index (Phi) is 3.26. The molecular weight excluding hydrogens is 280 g/mol. The van der Waals surface area contributed by atoms with Crippen LogP contribution in [0.2, 0.25) is 0 Å². The third kappa shape index (κ3) is 2.44. The molecule has 1 nitrogen and oxygen atoms in total. The first-order valence-electron chi connectivity index (χ1n) is 7.88. The van der Waals surface area contributed by atoms with Crippen LogP contribution in [0.5, 0.6) is 0 Å². The highest BCUT2D eigenvalue weighted by Gasteiger charge is 2.58. The van der Waals surface area contributed by atoms with Crippen LogP contribution in [0.25, 0.3) is 0 Å². The maximum atomic E-state index is 14.0. The van der Waals surface area contributed by atoms with Crippen LogP contribution >= 0.6 is 0 Å². The normalized spacial score (nSPS) is 27.5. The zero-order valence-corrected chi connectivity index (χ0v) is 12.4. The number of benzene rings is 2. The van der Waals surface area contributed by atoms with Crippen molar-refractivity contribution in [3.8, 4) is 0 Å². The van der Waals surface area contributed by atoms with Crippen molar-refractivity contribution in [3.05, 3.63) is 71.3 Å². The van der Waals surface area contributed by atoms with Gasteiger partial charge in [0.05, 0.1) is 0 Å². The Labute approximate surface area is 129 Å². The molecule has 22 heavy (non-hydrogen) atoms. The lowest BCUT2D eigenvalue weighted by molar-refractivity contribution is 0.310. The Morgan fingerprint density at radius 1 is 1.09 bits per heavy atom. The SMILES string of the molecule is Fc1ccc(C2CC23CCN(Cc2ccccc2)C3)c(F)c1. The number of nitrogens with zero attached hydrogens (tertiary/aromatic N) is 1. The second-order valence-electron chi connectivity index (χ2n) is 6.73. The van der Waals surface area contributed by atoms with Gasteiger partial charge in [0.25, 0.3) is 0 Å². The van der Waals surface area contributed by atoms with Crippen LogP contribution in [0.15, 0.2) is 48.5 Å². The molecule has 3 heteroatoms. The van der Waals surface area contributed by atoms with Crippen molar-refractivity contribution in [3.63, 3.8) is 0 Å². The van der Waals surface area contributed by atoms with Crippen LogP contribution in [-0.2, 0) is 6.54 Å². The average Bonchev–Trinajstić information content (AvgIpc) is 3.04. The summed E-state index contributed by atoms with van der Waals surface area (Å²) in [4.78, 5) is 2.46. The largest absolute Gasteiger partial charge is 0.298 e. The van der Waals surface area contributed by atoms with E-state index in [1.165, 1.54) is 11.6 Å². The lowest BCUT2D eigenvalue weighted by Crippen LogP contribution is -2.20. The molecule has 114 valence electrons. The Hall–Kier alpha value is -1.74. The summed E-state index contributed by atoms with van der Waals surface area (Å²) in [5, 5.41) is 0. The molecule has 1 aliphatic carbocycles. The van der Waals surface area contributed by atoms with Gasteiger partial charge in [0.1, 0.15) is 11.6 Å². The van der Waals surface area contributed by atoms with Gasteiger partial charge >= 0.3 is 0 Å². The van der Waals surface area contributed by atoms with Crippen LogP contribution in [0.1, 0.15) is 29.9 Å². The van der Waals surface area contributed by atoms with Crippen LogP contribution in [0.3, 0.4) is 0 Å². The Morgan fingerprint density at radius 2 is 1.91 bits per heavy atom. The molecule has 2 fully saturated rings. The predicted molar refractivity (Wildman–Crippen MR) is 82.5 cm³/mol. The number of rotatable bonds is 3. The topological polar surface area (TPSA) is 3.24 Å². The van der Waals surface area contributed by atoms with E-state index in [1.807, 2.05) is 6.07 Å². The summed E-state index contributed by atoms with van der Waals surface area (Å²) >= 11 is 0. The summed E-state index contributed by atoms with van der Waals surface area (Å²) in [6, 6.07) is 14.5. The van der Waals surface area contributed by atoms with E-state index in [0.29, 0.717) is 5.56 Å². The zero-order chi connectivity index (χ0) is 15.2. The fraction of sp³-hybridized carbons (Fsp3) is 0.368. The lowest BCUT2D eigenvalue weighted by atomic mass is 9.98. The molecule has 0 aromatic heterocycles. The average molecular weight is 299 g/mol. The molecule has 4 rings (SSSR count). The third-order valence-corrected chi connectivity index (χ3v) is 5.24. The molecule has 2 unspecified atom stereocenters. The first-order chi connectivity index (χ1) is 10.7. The van der Waals surface area contributed by atoms with Crippen molar-refractivity contribution < 1.29 is 8.78 Å². The van der Waals surface area contributed by atoms with Crippen molar-refractivity contribution in [2.75, 3.05) is 13.1 Å². The van der Waals surface area contributed by atoms with Crippen LogP contribution in [0, 0.1) is 17.0 Å². The Morgan fingerprint density at radius 3 is 2.68 bits per heavy atom. The van der Waals surface area contributed by atoms with Crippen LogP contribution in [-0.4, -0.2) is 18.0 Å². The summed E-state index contributed by atoms with van der Waals surface area (Å²) in [6.45, 7) is 3.04. The molecule has 1 saturated carbocycles. The molecule has 0 bridgehead atoms. The summed E-state index contributed by atoms with van der Waals surface area (Å²) in [5.74, 6) is -0.620. The van der Waals surface area contributed by atoms with E-state index < -0.39 is 5.82 Å². The Balaban J connectivity index is 1.45. The van der Waals surface area contributed by atoms with E-state index in [4.69, 9.17) is 0 Å². The van der Waals surface area contributed by atoms with Gasteiger partial charge in [0, 0.05) is 19.2 Å². The number of hydrogen-bond acceptors (Lipinski definition) is 1. The van der Waals surface area contributed by atoms with Crippen molar-refractivity contribution in [2.24, 2.45) is 5.41 Å². The van der Waals surface area contributed by atoms with Gasteiger partial charge in [-0.25, -0.2) is 8.78 Å². The fourth-order valence-corrected chi connectivity index (χ4v) is 3.98. The van der Waals surface area contributed by atoms with E-state index in [9.17, 15) is 8.78 Å². The van der Waals surface area contributed by atoms with E-state index in [2.05, 4.69) is 29.2 Å². The van der Waals surface area contributed by atoms with Crippen molar-refractivity contribution in [1.82, 2.24) is 4.90 Å². The summed E-state index contributed by atoms with van der Waals surface area (Å²) in [7, 11) is 0. The molecule has 0 amide bonds. The zero-order valence-electron chi connectivity index (χ0n) is 12.4. The van der Waals surface area contributed by atoms with E-state index >= 15 is 0 Å². The Bertz CT molecular complexity index is 685. The standard InChI is InChI=1S/C19H19F2N/c20-15-6-7-16(18(21)10-15)17-11-19(17)8-9-22(13-19)12-14-4-2-1-3-5-14/h1-7,10,17H,8-9,11-13H2. The fourth-order valence-electron chi connectivity index (χ4n) is 3.98. The van der Waals surface area contributed by atoms with E-state index in [1.54, 1.807) is 6.07 Å². The van der Waals surface area contributed by atoms with Gasteiger partial charge in [0.15, 0.2) is 0 Å². The quantitative estimate of drug-likeness (QED) is 0.814. The minimum Gasteiger partial charge on any atom is -0.298 e. The van der Waals surface area contributed by atoms with Gasteiger partial charge in [-0.05, 0) is 47.9 Å². The molecule has 1 saturated heterocycles. The molecule has 0 N–H and O–H groups in total. The minimum absolute atomic E-state index is 0.216. The number of hydrogen-bond donors (Lipinski definition) is 0. The predicted octanol–water partition coefficient (Wildman–Crippen LogP) is 4.34. The smallest absolute Gasteiger partial charge is 0.129 e. The molecule has 2 atom stereocenters. The third-order valence-electron chi connectivity index (χ3n) is 5.24. The van der Waals surface area contributed by atoms with Gasteiger partial charge in [-0.15, -0.1) is 0 Å². The van der Waals surface area contributed by atoms with Crippen molar-refractivity contribution in [1.29, 1.82) is 0 Å². The van der Waals surface area contributed by atoms with Gasteiger partial charge in [0.2, 0.25) is 0 Å². The van der Waals surface area contributed by atoms with Crippen molar-refractivity contribution >= 4 is 0 Å². The van der Waals surface area contributed by atoms with Gasteiger partial charge in [-0.3, -0.25) is 4.90 Å². The van der Waals surface area contributed by atoms with Gasteiger partial charge < -0.3 is 0 Å². The highest BCUT2D eigenvalue weighted by molar-refractivity contribution is 5.33. The summed E-state index contributed by atoms with van der Waals surface area (Å²) < 4.78 is 27.0. The number of likely N-dealkylation sites (tertiary alicyclic amines) is 1. The van der Waals surface area contributed by atoms with Crippen LogP contribution < -0.4 is 0 Å². The molecule has 2 aromatic carbocycles. The van der Waals surface area contributed by atoms with Gasteiger partial charge in [-0.1, -0.05) is 36.4 Å². The van der Waals surface area contributed by atoms with Crippen molar-refractivity contribution in [2.45, 2.75) is 25.3 Å².